The van der Waals surface area contributed by atoms with Gasteiger partial charge in [-0.25, -0.2) is 4.98 Å². The molecule has 1 aromatic heterocycles. The highest BCUT2D eigenvalue weighted by molar-refractivity contribution is 6.00. The quantitative estimate of drug-likeness (QED) is 0.766. The summed E-state index contributed by atoms with van der Waals surface area (Å²) in [6.45, 7) is 5.41. The van der Waals surface area contributed by atoms with Gasteiger partial charge in [0.15, 0.2) is 0 Å². The smallest absolute Gasteiger partial charge is 0.243 e. The second-order valence-corrected chi connectivity index (χ2v) is 4.57. The normalized spacial score (nSPS) is 20.2. The van der Waals surface area contributed by atoms with Gasteiger partial charge in [0.2, 0.25) is 11.8 Å². The predicted molar refractivity (Wildman–Crippen MR) is 71.4 cm³/mol. The molecule has 2 heterocycles. The fourth-order valence-corrected chi connectivity index (χ4v) is 2.05. The molecular formula is C13H18N4O2. The third kappa shape index (κ3) is 3.29. The first kappa shape index (κ1) is 13.5. The average Bonchev–Trinajstić information content (AvgIpc) is 2.36. The van der Waals surface area contributed by atoms with E-state index in [0.29, 0.717) is 6.54 Å². The SMILES string of the molecule is CCNc1cc(CN2CC(=O)NC(=O)C2C)ccn1. The molecule has 2 amide bonds. The molecule has 2 N–H and O–H groups in total. The first-order valence-electron chi connectivity index (χ1n) is 6.36. The van der Waals surface area contributed by atoms with Crippen molar-refractivity contribution in [2.24, 2.45) is 0 Å². The van der Waals surface area contributed by atoms with Gasteiger partial charge in [-0.15, -0.1) is 0 Å². The molecule has 0 saturated carbocycles. The van der Waals surface area contributed by atoms with Crippen LogP contribution in [0, 0.1) is 0 Å². The summed E-state index contributed by atoms with van der Waals surface area (Å²) in [6, 6.07) is 3.53. The Balaban J connectivity index is 2.09. The Morgan fingerprint density at radius 1 is 1.53 bits per heavy atom. The van der Waals surface area contributed by atoms with Crippen molar-refractivity contribution in [3.63, 3.8) is 0 Å². The molecule has 6 nitrogen and oxygen atoms in total. The molecule has 1 fully saturated rings. The van der Waals surface area contributed by atoms with Crippen LogP contribution in [0.5, 0.6) is 0 Å². The summed E-state index contributed by atoms with van der Waals surface area (Å²) in [7, 11) is 0. The van der Waals surface area contributed by atoms with E-state index in [9.17, 15) is 9.59 Å². The first-order chi connectivity index (χ1) is 9.10. The number of carbonyl (C=O) groups excluding carboxylic acids is 2. The fourth-order valence-electron chi connectivity index (χ4n) is 2.05. The van der Waals surface area contributed by atoms with Crippen LogP contribution in [0.4, 0.5) is 5.82 Å². The molecule has 0 radical (unpaired) electrons. The molecule has 0 aliphatic carbocycles. The minimum Gasteiger partial charge on any atom is -0.370 e. The molecule has 19 heavy (non-hydrogen) atoms. The van der Waals surface area contributed by atoms with Crippen molar-refractivity contribution in [1.82, 2.24) is 15.2 Å². The van der Waals surface area contributed by atoms with Crippen molar-refractivity contribution in [1.29, 1.82) is 0 Å². The minimum atomic E-state index is -0.298. The highest BCUT2D eigenvalue weighted by atomic mass is 16.2. The number of carbonyl (C=O) groups is 2. The molecule has 1 atom stereocenters. The van der Waals surface area contributed by atoms with Crippen LogP contribution in [0.1, 0.15) is 19.4 Å². The molecule has 1 saturated heterocycles. The summed E-state index contributed by atoms with van der Waals surface area (Å²) < 4.78 is 0. The highest BCUT2D eigenvalue weighted by Gasteiger charge is 2.29. The van der Waals surface area contributed by atoms with Crippen molar-refractivity contribution >= 4 is 17.6 Å². The molecule has 1 aliphatic rings. The van der Waals surface area contributed by atoms with Gasteiger partial charge < -0.3 is 5.32 Å². The number of anilines is 1. The summed E-state index contributed by atoms with van der Waals surface area (Å²) in [5.41, 5.74) is 1.03. The Kier molecular flexibility index (Phi) is 4.11. The van der Waals surface area contributed by atoms with Crippen LogP contribution in [-0.2, 0) is 16.1 Å². The van der Waals surface area contributed by atoms with E-state index in [-0.39, 0.29) is 24.4 Å². The van der Waals surface area contributed by atoms with Crippen molar-refractivity contribution in [3.05, 3.63) is 23.9 Å². The van der Waals surface area contributed by atoms with Gasteiger partial charge in [0.1, 0.15) is 5.82 Å². The Morgan fingerprint density at radius 2 is 2.32 bits per heavy atom. The molecule has 0 bridgehead atoms. The lowest BCUT2D eigenvalue weighted by atomic mass is 10.1. The maximum atomic E-state index is 11.6. The van der Waals surface area contributed by atoms with Crippen molar-refractivity contribution in [2.75, 3.05) is 18.4 Å². The summed E-state index contributed by atoms with van der Waals surface area (Å²) in [6.07, 6.45) is 1.73. The molecule has 1 aliphatic heterocycles. The number of pyridine rings is 1. The lowest BCUT2D eigenvalue weighted by Gasteiger charge is -2.31. The van der Waals surface area contributed by atoms with Gasteiger partial charge in [-0.05, 0) is 31.5 Å². The third-order valence-corrected chi connectivity index (χ3v) is 3.10. The van der Waals surface area contributed by atoms with Gasteiger partial charge in [0.25, 0.3) is 0 Å². The zero-order chi connectivity index (χ0) is 13.8. The molecule has 0 spiro atoms. The van der Waals surface area contributed by atoms with Gasteiger partial charge in [-0.2, -0.15) is 0 Å². The van der Waals surface area contributed by atoms with Crippen LogP contribution in [0.2, 0.25) is 0 Å². The Bertz CT molecular complexity index is 489. The monoisotopic (exact) mass is 262 g/mol. The van der Waals surface area contributed by atoms with Crippen LogP contribution in [0.15, 0.2) is 18.3 Å². The maximum absolute atomic E-state index is 11.6. The predicted octanol–water partition coefficient (Wildman–Crippen LogP) is 0.360. The molecule has 0 aromatic carbocycles. The Hall–Kier alpha value is -1.95. The number of amides is 2. The topological polar surface area (TPSA) is 74.3 Å². The van der Waals surface area contributed by atoms with Gasteiger partial charge in [0, 0.05) is 19.3 Å². The van der Waals surface area contributed by atoms with Crippen molar-refractivity contribution < 1.29 is 9.59 Å². The van der Waals surface area contributed by atoms with E-state index in [1.807, 2.05) is 24.0 Å². The summed E-state index contributed by atoms with van der Waals surface area (Å²) in [5.74, 6) is 0.321. The number of aromatic nitrogens is 1. The van der Waals surface area contributed by atoms with Crippen LogP contribution >= 0.6 is 0 Å². The lowest BCUT2D eigenvalue weighted by Crippen LogP contribution is -2.56. The molecular weight excluding hydrogens is 244 g/mol. The third-order valence-electron chi connectivity index (χ3n) is 3.10. The highest BCUT2D eigenvalue weighted by Crippen LogP contribution is 2.13. The number of hydrogen-bond donors (Lipinski definition) is 2. The van der Waals surface area contributed by atoms with Gasteiger partial charge >= 0.3 is 0 Å². The second-order valence-electron chi connectivity index (χ2n) is 4.57. The molecule has 102 valence electrons. The van der Waals surface area contributed by atoms with E-state index in [4.69, 9.17) is 0 Å². The fraction of sp³-hybridized carbons (Fsp3) is 0.462. The summed E-state index contributed by atoms with van der Waals surface area (Å²) in [4.78, 5) is 29.0. The first-order valence-corrected chi connectivity index (χ1v) is 6.36. The van der Waals surface area contributed by atoms with Crippen LogP contribution in [-0.4, -0.2) is 40.8 Å². The number of nitrogens with zero attached hydrogens (tertiary/aromatic N) is 2. The largest absolute Gasteiger partial charge is 0.370 e. The average molecular weight is 262 g/mol. The molecule has 6 heteroatoms. The van der Waals surface area contributed by atoms with Crippen LogP contribution in [0.25, 0.3) is 0 Å². The van der Waals surface area contributed by atoms with Crippen LogP contribution < -0.4 is 10.6 Å². The maximum Gasteiger partial charge on any atom is 0.243 e. The Labute approximate surface area is 112 Å². The van der Waals surface area contributed by atoms with E-state index >= 15 is 0 Å². The second kappa shape index (κ2) is 5.79. The van der Waals surface area contributed by atoms with E-state index in [1.54, 1.807) is 13.1 Å². The number of nitrogens with one attached hydrogen (secondary N) is 2. The van der Waals surface area contributed by atoms with E-state index in [0.717, 1.165) is 17.9 Å². The Morgan fingerprint density at radius 3 is 3.05 bits per heavy atom. The van der Waals surface area contributed by atoms with Crippen molar-refractivity contribution in [3.8, 4) is 0 Å². The number of piperazine rings is 1. The standard InChI is InChI=1S/C13H18N4O2/c1-3-14-11-6-10(4-5-15-11)7-17-8-12(18)16-13(19)9(17)2/h4-6,9H,3,7-8H2,1-2H3,(H,14,15)(H,16,18,19). The summed E-state index contributed by atoms with van der Waals surface area (Å²) in [5, 5.41) is 5.47. The number of imide groups is 1. The lowest BCUT2D eigenvalue weighted by molar-refractivity contribution is -0.139. The van der Waals surface area contributed by atoms with Gasteiger partial charge in [0.05, 0.1) is 12.6 Å². The molecule has 2 rings (SSSR count). The van der Waals surface area contributed by atoms with Gasteiger partial charge in [-0.3, -0.25) is 19.8 Å². The van der Waals surface area contributed by atoms with E-state index in [1.165, 1.54) is 0 Å². The minimum absolute atomic E-state index is 0.239. The molecule has 1 unspecified atom stereocenters. The number of rotatable bonds is 4. The van der Waals surface area contributed by atoms with Gasteiger partial charge in [-0.1, -0.05) is 0 Å². The van der Waals surface area contributed by atoms with E-state index < -0.39 is 0 Å². The van der Waals surface area contributed by atoms with Crippen LogP contribution in [0.3, 0.4) is 0 Å². The number of hydrogen-bond acceptors (Lipinski definition) is 5. The zero-order valence-corrected chi connectivity index (χ0v) is 11.1. The van der Waals surface area contributed by atoms with Crippen molar-refractivity contribution in [2.45, 2.75) is 26.4 Å². The zero-order valence-electron chi connectivity index (χ0n) is 11.1. The molecule has 1 aromatic rings. The summed E-state index contributed by atoms with van der Waals surface area (Å²) >= 11 is 0. The van der Waals surface area contributed by atoms with E-state index in [2.05, 4.69) is 15.6 Å².